The SMILES string of the molecule is C[C@@H](CCC=O)O[Si](C)(C)C(C)(C)C. The Kier molecular flexibility index (Phi) is 5.02. The van der Waals surface area contributed by atoms with Gasteiger partial charge in [0.05, 0.1) is 0 Å². The Hall–Kier alpha value is -0.153. The monoisotopic (exact) mass is 216 g/mol. The molecule has 0 N–H and O–H groups in total. The van der Waals surface area contributed by atoms with Crippen LogP contribution in [0.25, 0.3) is 0 Å². The lowest BCUT2D eigenvalue weighted by atomic mass is 10.2. The molecule has 1 atom stereocenters. The van der Waals surface area contributed by atoms with Crippen LogP contribution in [0.5, 0.6) is 0 Å². The molecule has 0 aromatic heterocycles. The van der Waals surface area contributed by atoms with Crippen LogP contribution in [0.4, 0.5) is 0 Å². The van der Waals surface area contributed by atoms with Gasteiger partial charge >= 0.3 is 0 Å². The summed E-state index contributed by atoms with van der Waals surface area (Å²) in [5.41, 5.74) is 0. The van der Waals surface area contributed by atoms with E-state index in [1.807, 2.05) is 0 Å². The molecule has 0 bridgehead atoms. The summed E-state index contributed by atoms with van der Waals surface area (Å²) in [5, 5.41) is 0.252. The van der Waals surface area contributed by atoms with E-state index in [4.69, 9.17) is 4.43 Å². The Morgan fingerprint density at radius 1 is 1.36 bits per heavy atom. The second-order valence-electron chi connectivity index (χ2n) is 5.43. The molecule has 0 aliphatic heterocycles. The van der Waals surface area contributed by atoms with Gasteiger partial charge in [0, 0.05) is 12.5 Å². The highest BCUT2D eigenvalue weighted by Crippen LogP contribution is 2.37. The predicted octanol–water partition coefficient (Wildman–Crippen LogP) is 3.38. The fraction of sp³-hybridized carbons (Fsp3) is 0.909. The van der Waals surface area contributed by atoms with Gasteiger partial charge in [0.2, 0.25) is 0 Å². The van der Waals surface area contributed by atoms with Crippen molar-refractivity contribution in [3.63, 3.8) is 0 Å². The zero-order chi connectivity index (χ0) is 11.4. The first-order valence-corrected chi connectivity index (χ1v) is 8.23. The van der Waals surface area contributed by atoms with Crippen molar-refractivity contribution in [2.75, 3.05) is 0 Å². The molecule has 0 aliphatic carbocycles. The maximum atomic E-state index is 10.2. The van der Waals surface area contributed by atoms with Gasteiger partial charge in [-0.1, -0.05) is 20.8 Å². The van der Waals surface area contributed by atoms with E-state index < -0.39 is 8.32 Å². The molecule has 0 fully saturated rings. The molecule has 3 heteroatoms. The Balaban J connectivity index is 4.15. The summed E-state index contributed by atoms with van der Waals surface area (Å²) in [7, 11) is -1.63. The van der Waals surface area contributed by atoms with Crippen molar-refractivity contribution in [3.05, 3.63) is 0 Å². The van der Waals surface area contributed by atoms with Crippen LogP contribution >= 0.6 is 0 Å². The van der Waals surface area contributed by atoms with Crippen LogP contribution in [0, 0.1) is 0 Å². The molecule has 0 spiro atoms. The molecule has 0 rings (SSSR count). The molecule has 14 heavy (non-hydrogen) atoms. The molecular formula is C11H24O2Si. The molecule has 0 saturated carbocycles. The minimum Gasteiger partial charge on any atom is -0.414 e. The highest BCUT2D eigenvalue weighted by Gasteiger charge is 2.38. The third-order valence-corrected chi connectivity index (χ3v) is 7.60. The van der Waals surface area contributed by atoms with E-state index in [-0.39, 0.29) is 11.1 Å². The predicted molar refractivity (Wildman–Crippen MR) is 63.0 cm³/mol. The minimum absolute atomic E-state index is 0.209. The fourth-order valence-corrected chi connectivity index (χ4v) is 2.52. The number of hydrogen-bond acceptors (Lipinski definition) is 2. The van der Waals surface area contributed by atoms with E-state index in [0.29, 0.717) is 6.42 Å². The highest BCUT2D eigenvalue weighted by molar-refractivity contribution is 6.74. The van der Waals surface area contributed by atoms with Crippen molar-refractivity contribution >= 4 is 14.6 Å². The Morgan fingerprint density at radius 3 is 2.21 bits per heavy atom. The van der Waals surface area contributed by atoms with Gasteiger partial charge in [0.1, 0.15) is 6.29 Å². The first kappa shape index (κ1) is 13.8. The van der Waals surface area contributed by atoms with E-state index in [1.54, 1.807) is 0 Å². The fourth-order valence-electron chi connectivity index (χ4n) is 1.04. The van der Waals surface area contributed by atoms with Crippen molar-refractivity contribution in [3.8, 4) is 0 Å². The van der Waals surface area contributed by atoms with Crippen LogP contribution in [-0.2, 0) is 9.22 Å². The lowest BCUT2D eigenvalue weighted by Gasteiger charge is -2.38. The van der Waals surface area contributed by atoms with Gasteiger partial charge in [-0.25, -0.2) is 0 Å². The smallest absolute Gasteiger partial charge is 0.192 e. The van der Waals surface area contributed by atoms with Gasteiger partial charge in [-0.05, 0) is 31.5 Å². The summed E-state index contributed by atoms with van der Waals surface area (Å²) >= 11 is 0. The Bertz CT molecular complexity index is 182. The van der Waals surface area contributed by atoms with Gasteiger partial charge in [-0.3, -0.25) is 0 Å². The second kappa shape index (κ2) is 5.08. The molecule has 0 heterocycles. The highest BCUT2D eigenvalue weighted by atomic mass is 28.4. The summed E-state index contributed by atoms with van der Waals surface area (Å²) in [6.07, 6.45) is 2.62. The van der Waals surface area contributed by atoms with Crippen molar-refractivity contribution in [1.82, 2.24) is 0 Å². The van der Waals surface area contributed by atoms with E-state index in [2.05, 4.69) is 40.8 Å². The van der Waals surface area contributed by atoms with Crippen molar-refractivity contribution in [2.24, 2.45) is 0 Å². The van der Waals surface area contributed by atoms with E-state index in [1.165, 1.54) is 0 Å². The van der Waals surface area contributed by atoms with E-state index in [0.717, 1.165) is 12.7 Å². The lowest BCUT2D eigenvalue weighted by Crippen LogP contribution is -2.43. The third-order valence-electron chi connectivity index (χ3n) is 2.99. The van der Waals surface area contributed by atoms with Gasteiger partial charge in [0.15, 0.2) is 8.32 Å². The summed E-state index contributed by atoms with van der Waals surface area (Å²) in [6.45, 7) is 13.2. The average molecular weight is 216 g/mol. The van der Waals surface area contributed by atoms with Gasteiger partial charge in [-0.15, -0.1) is 0 Å². The zero-order valence-corrected chi connectivity index (χ0v) is 11.4. The molecule has 84 valence electrons. The summed E-state index contributed by atoms with van der Waals surface area (Å²) in [5.74, 6) is 0. The normalized spacial score (nSPS) is 15.3. The quantitative estimate of drug-likeness (QED) is 0.520. The molecule has 0 unspecified atom stereocenters. The van der Waals surface area contributed by atoms with Crippen LogP contribution in [-0.4, -0.2) is 20.7 Å². The Labute approximate surface area is 89.2 Å². The summed E-state index contributed by atoms with van der Waals surface area (Å²) < 4.78 is 6.08. The second-order valence-corrected chi connectivity index (χ2v) is 10.2. The number of aldehydes is 1. The molecule has 0 amide bonds. The topological polar surface area (TPSA) is 26.3 Å². The van der Waals surface area contributed by atoms with Crippen molar-refractivity contribution < 1.29 is 9.22 Å². The van der Waals surface area contributed by atoms with E-state index in [9.17, 15) is 4.79 Å². The largest absolute Gasteiger partial charge is 0.414 e. The van der Waals surface area contributed by atoms with Crippen molar-refractivity contribution in [2.45, 2.75) is 64.8 Å². The number of carbonyl (C=O) groups excluding carboxylic acids is 1. The third kappa shape index (κ3) is 4.38. The van der Waals surface area contributed by atoms with Gasteiger partial charge in [0.25, 0.3) is 0 Å². The molecule has 0 saturated heterocycles. The molecule has 0 aromatic carbocycles. The average Bonchev–Trinajstić information content (AvgIpc) is 1.97. The first-order valence-electron chi connectivity index (χ1n) is 5.32. The number of rotatable bonds is 5. The van der Waals surface area contributed by atoms with Crippen LogP contribution < -0.4 is 0 Å². The Morgan fingerprint density at radius 2 is 1.86 bits per heavy atom. The first-order chi connectivity index (χ1) is 6.20. The number of hydrogen-bond donors (Lipinski definition) is 0. The molecule has 0 radical (unpaired) electrons. The molecule has 0 aliphatic rings. The lowest BCUT2D eigenvalue weighted by molar-refractivity contribution is -0.108. The van der Waals surface area contributed by atoms with Crippen LogP contribution in [0.1, 0.15) is 40.5 Å². The molecule has 2 nitrogen and oxygen atoms in total. The zero-order valence-electron chi connectivity index (χ0n) is 10.4. The van der Waals surface area contributed by atoms with Crippen LogP contribution in [0.3, 0.4) is 0 Å². The maximum absolute atomic E-state index is 10.2. The van der Waals surface area contributed by atoms with Crippen LogP contribution in [0.2, 0.25) is 18.1 Å². The standard InChI is InChI=1S/C11H24O2Si/c1-10(8-7-9-12)13-14(5,6)11(2,3)4/h9-10H,7-8H2,1-6H3/t10-/m0/s1. The van der Waals surface area contributed by atoms with Crippen molar-refractivity contribution in [1.29, 1.82) is 0 Å². The maximum Gasteiger partial charge on any atom is 0.192 e. The number of carbonyl (C=O) groups is 1. The van der Waals surface area contributed by atoms with Gasteiger partial charge in [-0.2, -0.15) is 0 Å². The van der Waals surface area contributed by atoms with E-state index >= 15 is 0 Å². The summed E-state index contributed by atoms with van der Waals surface area (Å²) in [6, 6.07) is 0. The minimum atomic E-state index is -1.63. The molecule has 0 aromatic rings. The van der Waals surface area contributed by atoms with Gasteiger partial charge < -0.3 is 9.22 Å². The molecular weight excluding hydrogens is 192 g/mol. The van der Waals surface area contributed by atoms with Crippen LogP contribution in [0.15, 0.2) is 0 Å². The summed E-state index contributed by atoms with van der Waals surface area (Å²) in [4.78, 5) is 10.2.